The van der Waals surface area contributed by atoms with E-state index < -0.39 is 24.0 Å². The fourth-order valence-electron chi connectivity index (χ4n) is 3.47. The number of nitriles is 1. The van der Waals surface area contributed by atoms with Gasteiger partial charge in [-0.25, -0.2) is 4.98 Å². The predicted octanol–water partition coefficient (Wildman–Crippen LogP) is 1.36. The van der Waals surface area contributed by atoms with Crippen LogP contribution in [0.3, 0.4) is 0 Å². The number of ether oxygens (including phenoxy) is 1. The molecule has 1 aliphatic rings. The normalized spacial score (nSPS) is 15.1. The zero-order valence-electron chi connectivity index (χ0n) is 15.7. The van der Waals surface area contributed by atoms with Crippen molar-refractivity contribution in [2.24, 2.45) is 7.05 Å². The molecule has 0 bridgehead atoms. The number of rotatable bonds is 6. The summed E-state index contributed by atoms with van der Waals surface area (Å²) in [6, 6.07) is 9.18. The van der Waals surface area contributed by atoms with Gasteiger partial charge in [-0.1, -0.05) is 12.1 Å². The number of nitrogens with zero attached hydrogens (tertiary/aromatic N) is 3. The number of aryl methyl sites for hydroxylation is 1. The first-order valence-corrected chi connectivity index (χ1v) is 9.27. The second-order valence-electron chi connectivity index (χ2n) is 7.02. The Labute approximate surface area is 162 Å². The quantitative estimate of drug-likeness (QED) is 0.755. The SMILES string of the molecule is Cn1c(CCC(=O)OCC(=O)NC2(C#N)CCCC2)nc2ccccc2c1=O. The van der Waals surface area contributed by atoms with Gasteiger partial charge in [0.1, 0.15) is 11.4 Å². The molecule has 1 amide bonds. The highest BCUT2D eigenvalue weighted by atomic mass is 16.5. The highest BCUT2D eigenvalue weighted by Gasteiger charge is 2.35. The molecule has 1 saturated carbocycles. The molecule has 28 heavy (non-hydrogen) atoms. The van der Waals surface area contributed by atoms with Crippen LogP contribution in [0.25, 0.3) is 10.9 Å². The fourth-order valence-corrected chi connectivity index (χ4v) is 3.47. The van der Waals surface area contributed by atoms with E-state index in [1.807, 2.05) is 0 Å². The fraction of sp³-hybridized carbons (Fsp3) is 0.450. The summed E-state index contributed by atoms with van der Waals surface area (Å²) in [5.74, 6) is -0.567. The molecule has 1 heterocycles. The maximum atomic E-state index is 12.4. The van der Waals surface area contributed by atoms with Crippen LogP contribution in [0.1, 0.15) is 37.9 Å². The number of nitrogens with one attached hydrogen (secondary N) is 1. The molecular weight excluding hydrogens is 360 g/mol. The number of aromatic nitrogens is 2. The summed E-state index contributed by atoms with van der Waals surface area (Å²) in [7, 11) is 1.61. The molecule has 1 N–H and O–H groups in total. The van der Waals surface area contributed by atoms with Crippen LogP contribution in [0.15, 0.2) is 29.1 Å². The van der Waals surface area contributed by atoms with Gasteiger partial charge in [0.2, 0.25) is 0 Å². The van der Waals surface area contributed by atoms with Crippen molar-refractivity contribution in [2.75, 3.05) is 6.61 Å². The van der Waals surface area contributed by atoms with Gasteiger partial charge < -0.3 is 10.1 Å². The number of hydrogen-bond donors (Lipinski definition) is 1. The van der Waals surface area contributed by atoms with Gasteiger partial charge in [-0.15, -0.1) is 0 Å². The minimum Gasteiger partial charge on any atom is -0.456 e. The number of esters is 1. The molecule has 0 spiro atoms. The molecule has 0 saturated heterocycles. The molecule has 0 radical (unpaired) electrons. The van der Waals surface area contributed by atoms with E-state index >= 15 is 0 Å². The minimum absolute atomic E-state index is 0.00467. The molecule has 8 nitrogen and oxygen atoms in total. The first kappa shape index (κ1) is 19.5. The summed E-state index contributed by atoms with van der Waals surface area (Å²) >= 11 is 0. The van der Waals surface area contributed by atoms with Crippen LogP contribution in [0.2, 0.25) is 0 Å². The minimum atomic E-state index is -0.837. The number of fused-ring (bicyclic) bond motifs is 1. The Morgan fingerprint density at radius 1 is 1.32 bits per heavy atom. The van der Waals surface area contributed by atoms with Gasteiger partial charge in [-0.05, 0) is 37.8 Å². The topological polar surface area (TPSA) is 114 Å². The van der Waals surface area contributed by atoms with Gasteiger partial charge >= 0.3 is 5.97 Å². The Bertz CT molecular complexity index is 999. The first-order chi connectivity index (χ1) is 13.4. The van der Waals surface area contributed by atoms with Crippen LogP contribution >= 0.6 is 0 Å². The monoisotopic (exact) mass is 382 g/mol. The van der Waals surface area contributed by atoms with Gasteiger partial charge in [-0.2, -0.15) is 5.26 Å². The van der Waals surface area contributed by atoms with Crippen molar-refractivity contribution in [3.05, 3.63) is 40.4 Å². The second-order valence-corrected chi connectivity index (χ2v) is 7.02. The van der Waals surface area contributed by atoms with Crippen molar-refractivity contribution in [3.63, 3.8) is 0 Å². The molecule has 2 aromatic rings. The summed E-state index contributed by atoms with van der Waals surface area (Å²) in [6.07, 6.45) is 3.24. The number of amides is 1. The van der Waals surface area contributed by atoms with E-state index in [2.05, 4.69) is 16.4 Å². The van der Waals surface area contributed by atoms with Crippen molar-refractivity contribution < 1.29 is 14.3 Å². The van der Waals surface area contributed by atoms with Crippen molar-refractivity contribution in [3.8, 4) is 6.07 Å². The van der Waals surface area contributed by atoms with E-state index in [1.54, 1.807) is 31.3 Å². The molecule has 0 aliphatic heterocycles. The maximum Gasteiger partial charge on any atom is 0.306 e. The van der Waals surface area contributed by atoms with Crippen LogP contribution in [0, 0.1) is 11.3 Å². The molecular formula is C20H22N4O4. The number of benzene rings is 1. The third-order valence-corrected chi connectivity index (χ3v) is 5.04. The lowest BCUT2D eigenvalue weighted by atomic mass is 10.00. The van der Waals surface area contributed by atoms with E-state index in [9.17, 15) is 19.6 Å². The Morgan fingerprint density at radius 2 is 2.04 bits per heavy atom. The van der Waals surface area contributed by atoms with Crippen LogP contribution in [0.4, 0.5) is 0 Å². The highest BCUT2D eigenvalue weighted by Crippen LogP contribution is 2.28. The lowest BCUT2D eigenvalue weighted by molar-refractivity contribution is -0.148. The number of hydrogen-bond acceptors (Lipinski definition) is 6. The van der Waals surface area contributed by atoms with E-state index in [0.29, 0.717) is 29.6 Å². The highest BCUT2D eigenvalue weighted by molar-refractivity contribution is 5.81. The van der Waals surface area contributed by atoms with E-state index in [-0.39, 0.29) is 18.4 Å². The third kappa shape index (κ3) is 4.19. The summed E-state index contributed by atoms with van der Waals surface area (Å²) in [5, 5.41) is 12.5. The molecule has 1 aromatic carbocycles. The van der Waals surface area contributed by atoms with Gasteiger partial charge in [0, 0.05) is 13.5 Å². The van der Waals surface area contributed by atoms with Crippen molar-refractivity contribution in [1.29, 1.82) is 5.26 Å². The average molecular weight is 382 g/mol. The zero-order chi connectivity index (χ0) is 20.1. The van der Waals surface area contributed by atoms with Crippen molar-refractivity contribution in [2.45, 2.75) is 44.1 Å². The zero-order valence-corrected chi connectivity index (χ0v) is 15.7. The van der Waals surface area contributed by atoms with Crippen molar-refractivity contribution in [1.82, 2.24) is 14.9 Å². The van der Waals surface area contributed by atoms with Gasteiger partial charge in [0.15, 0.2) is 6.61 Å². The Hall–Kier alpha value is -3.21. The molecule has 1 aromatic heterocycles. The molecule has 3 rings (SSSR count). The Balaban J connectivity index is 1.54. The molecule has 0 unspecified atom stereocenters. The van der Waals surface area contributed by atoms with Crippen LogP contribution in [-0.4, -0.2) is 33.6 Å². The van der Waals surface area contributed by atoms with Gasteiger partial charge in [0.25, 0.3) is 11.5 Å². The summed E-state index contributed by atoms with van der Waals surface area (Å²) in [4.78, 5) is 40.8. The number of carbonyl (C=O) groups is 2. The van der Waals surface area contributed by atoms with E-state index in [0.717, 1.165) is 12.8 Å². The maximum absolute atomic E-state index is 12.4. The summed E-state index contributed by atoms with van der Waals surface area (Å²) < 4.78 is 6.42. The Morgan fingerprint density at radius 3 is 2.75 bits per heavy atom. The van der Waals surface area contributed by atoms with Crippen LogP contribution < -0.4 is 10.9 Å². The standard InChI is InChI=1S/C20H22N4O4/c1-24-16(22-15-7-3-2-6-14(15)19(24)27)8-9-18(26)28-12-17(25)23-20(13-21)10-4-5-11-20/h2-3,6-7H,4-5,8-12H2,1H3,(H,23,25). The van der Waals surface area contributed by atoms with E-state index in [4.69, 9.17) is 4.74 Å². The van der Waals surface area contributed by atoms with Crippen LogP contribution in [0.5, 0.6) is 0 Å². The van der Waals surface area contributed by atoms with Gasteiger partial charge in [0.05, 0.1) is 23.4 Å². The third-order valence-electron chi connectivity index (χ3n) is 5.04. The molecule has 1 aliphatic carbocycles. The predicted molar refractivity (Wildman–Crippen MR) is 101 cm³/mol. The lowest BCUT2D eigenvalue weighted by Gasteiger charge is -2.21. The van der Waals surface area contributed by atoms with Crippen molar-refractivity contribution >= 4 is 22.8 Å². The summed E-state index contributed by atoms with van der Waals surface area (Å²) in [5.41, 5.74) is -0.435. The molecule has 0 atom stereocenters. The number of carbonyl (C=O) groups excluding carboxylic acids is 2. The smallest absolute Gasteiger partial charge is 0.306 e. The second kappa shape index (κ2) is 8.21. The Kier molecular flexibility index (Phi) is 5.73. The number of para-hydroxylation sites is 1. The average Bonchev–Trinajstić information content (AvgIpc) is 3.17. The summed E-state index contributed by atoms with van der Waals surface area (Å²) in [6.45, 7) is -0.424. The first-order valence-electron chi connectivity index (χ1n) is 9.27. The van der Waals surface area contributed by atoms with E-state index in [1.165, 1.54) is 4.57 Å². The van der Waals surface area contributed by atoms with Crippen LogP contribution in [-0.2, 0) is 27.8 Å². The van der Waals surface area contributed by atoms with Gasteiger partial charge in [-0.3, -0.25) is 19.0 Å². The molecule has 146 valence electrons. The molecule has 1 fully saturated rings. The largest absolute Gasteiger partial charge is 0.456 e. The molecule has 8 heteroatoms. The lowest BCUT2D eigenvalue weighted by Crippen LogP contribution is -2.46.